The Morgan fingerprint density at radius 1 is 1.12 bits per heavy atom. The largest absolute Gasteiger partial charge is 0.434 e. The second kappa shape index (κ2) is 9.34. The van der Waals surface area contributed by atoms with Crippen LogP contribution in [0.1, 0.15) is 24.2 Å². The molecule has 2 aromatic heterocycles. The minimum Gasteiger partial charge on any atom is -0.434 e. The molecule has 0 aliphatic heterocycles. The Morgan fingerprint density at radius 3 is 2.62 bits per heavy atom. The van der Waals surface area contributed by atoms with E-state index in [2.05, 4.69) is 20.3 Å². The van der Waals surface area contributed by atoms with Gasteiger partial charge in [0.2, 0.25) is 5.95 Å². The minimum absolute atomic E-state index is 0.155. The highest BCUT2D eigenvalue weighted by Gasteiger charge is 2.26. The lowest BCUT2D eigenvalue weighted by molar-refractivity contribution is -0.0504. The lowest BCUT2D eigenvalue weighted by Gasteiger charge is -2.31. The van der Waals surface area contributed by atoms with E-state index in [1.807, 2.05) is 29.7 Å². The zero-order chi connectivity index (χ0) is 23.7. The zero-order valence-corrected chi connectivity index (χ0v) is 18.7. The maximum absolute atomic E-state index is 12.8. The van der Waals surface area contributed by atoms with Crippen LogP contribution in [0.15, 0.2) is 54.9 Å². The number of imidazole rings is 1. The number of para-hydroxylation sites is 1. The summed E-state index contributed by atoms with van der Waals surface area (Å²) >= 11 is 0. The highest BCUT2D eigenvalue weighted by atomic mass is 19.3. The molecule has 0 bridgehead atoms. The number of ether oxygens (including phenoxy) is 1. The molecule has 0 amide bonds. The van der Waals surface area contributed by atoms with Gasteiger partial charge >= 0.3 is 6.61 Å². The molecule has 1 aliphatic carbocycles. The maximum atomic E-state index is 12.8. The normalized spacial score (nSPS) is 17.7. The highest BCUT2D eigenvalue weighted by molar-refractivity contribution is 5.82. The van der Waals surface area contributed by atoms with Crippen LogP contribution in [0.25, 0.3) is 22.2 Å². The molecular formula is C25H25F2N5O2. The molecule has 1 saturated carbocycles. The van der Waals surface area contributed by atoms with Crippen LogP contribution < -0.4 is 10.1 Å². The minimum atomic E-state index is -2.88. The molecule has 0 unspecified atom stereocenters. The molecule has 0 spiro atoms. The third-order valence-corrected chi connectivity index (χ3v) is 6.20. The summed E-state index contributed by atoms with van der Waals surface area (Å²) < 4.78 is 32.4. The summed E-state index contributed by atoms with van der Waals surface area (Å²) in [4.78, 5) is 13.5. The number of hydrogen-bond acceptors (Lipinski definition) is 6. The second-order valence-corrected chi connectivity index (χ2v) is 8.60. The van der Waals surface area contributed by atoms with Gasteiger partial charge in [-0.25, -0.2) is 15.0 Å². The molecule has 2 aromatic carbocycles. The number of rotatable bonds is 8. The number of fused-ring (bicyclic) bond motifs is 1. The van der Waals surface area contributed by atoms with Crippen molar-refractivity contribution in [1.82, 2.24) is 19.5 Å². The van der Waals surface area contributed by atoms with Crippen LogP contribution in [0.3, 0.4) is 0 Å². The standard InChI is InChI=1S/C25H25F2N5O2/c1-15-31-21-7-6-17(19-12-29-25(30-13-19)28-11-16-8-20(33)9-16)10-22(21)32(15)14-18-4-2-3-5-23(18)34-24(26)27/h2-7,10,12-13,16,20,24,33H,8-9,11,14H2,1H3,(H,28,29,30). The summed E-state index contributed by atoms with van der Waals surface area (Å²) in [5.74, 6) is 1.95. The fourth-order valence-electron chi connectivity index (χ4n) is 4.31. The molecule has 5 rings (SSSR count). The fraction of sp³-hybridized carbons (Fsp3) is 0.320. The second-order valence-electron chi connectivity index (χ2n) is 8.60. The molecule has 2 heterocycles. The number of nitrogens with one attached hydrogen (secondary N) is 1. The molecule has 176 valence electrons. The number of hydrogen-bond donors (Lipinski definition) is 2. The molecule has 1 aliphatic rings. The Labute approximate surface area is 195 Å². The van der Waals surface area contributed by atoms with Gasteiger partial charge < -0.3 is 19.7 Å². The van der Waals surface area contributed by atoms with Crippen molar-refractivity contribution in [2.75, 3.05) is 11.9 Å². The molecule has 0 atom stereocenters. The van der Waals surface area contributed by atoms with Gasteiger partial charge in [-0.1, -0.05) is 24.3 Å². The van der Waals surface area contributed by atoms with Gasteiger partial charge in [0.05, 0.1) is 23.7 Å². The Kier molecular flexibility index (Phi) is 6.10. The first-order chi connectivity index (χ1) is 16.5. The van der Waals surface area contributed by atoms with E-state index < -0.39 is 6.61 Å². The van der Waals surface area contributed by atoms with Crippen LogP contribution in [-0.4, -0.2) is 43.9 Å². The van der Waals surface area contributed by atoms with Crippen molar-refractivity contribution < 1.29 is 18.6 Å². The van der Waals surface area contributed by atoms with Gasteiger partial charge in [0.25, 0.3) is 0 Å². The number of aliphatic hydroxyl groups excluding tert-OH is 1. The number of anilines is 1. The van der Waals surface area contributed by atoms with E-state index in [0.29, 0.717) is 24.0 Å². The average molecular weight is 466 g/mol. The third-order valence-electron chi connectivity index (χ3n) is 6.20. The van der Waals surface area contributed by atoms with Crippen LogP contribution in [0.4, 0.5) is 14.7 Å². The Morgan fingerprint density at radius 2 is 1.88 bits per heavy atom. The number of aryl methyl sites for hydroxylation is 1. The summed E-state index contributed by atoms with van der Waals surface area (Å²) in [6, 6.07) is 12.7. The number of benzene rings is 2. The first-order valence-corrected chi connectivity index (χ1v) is 11.2. The number of aliphatic hydroxyl groups is 1. The van der Waals surface area contributed by atoms with Crippen LogP contribution in [0, 0.1) is 12.8 Å². The van der Waals surface area contributed by atoms with E-state index in [1.54, 1.807) is 36.7 Å². The van der Waals surface area contributed by atoms with Crippen molar-refractivity contribution in [2.24, 2.45) is 5.92 Å². The van der Waals surface area contributed by atoms with Crippen molar-refractivity contribution in [1.29, 1.82) is 0 Å². The van der Waals surface area contributed by atoms with Crippen LogP contribution in [-0.2, 0) is 6.54 Å². The summed E-state index contributed by atoms with van der Waals surface area (Å²) in [6.45, 7) is 0.105. The monoisotopic (exact) mass is 465 g/mol. The third kappa shape index (κ3) is 4.70. The van der Waals surface area contributed by atoms with Crippen molar-refractivity contribution in [3.05, 3.63) is 66.2 Å². The molecular weight excluding hydrogens is 440 g/mol. The molecule has 2 N–H and O–H groups in total. The van der Waals surface area contributed by atoms with Gasteiger partial charge in [0.15, 0.2) is 0 Å². The number of aromatic nitrogens is 4. The van der Waals surface area contributed by atoms with Gasteiger partial charge in [-0.3, -0.25) is 0 Å². The SMILES string of the molecule is Cc1nc2ccc(-c3cnc(NCC4CC(O)C4)nc3)cc2n1Cc1ccccc1OC(F)F. The average Bonchev–Trinajstić information content (AvgIpc) is 3.11. The summed E-state index contributed by atoms with van der Waals surface area (Å²) in [6.07, 6.45) is 5.00. The fourth-order valence-corrected chi connectivity index (χ4v) is 4.31. The van der Waals surface area contributed by atoms with Gasteiger partial charge in [0, 0.05) is 30.1 Å². The lowest BCUT2D eigenvalue weighted by Crippen LogP contribution is -2.33. The summed E-state index contributed by atoms with van der Waals surface area (Å²) in [7, 11) is 0. The first kappa shape index (κ1) is 22.2. The predicted molar refractivity (Wildman–Crippen MR) is 125 cm³/mol. The van der Waals surface area contributed by atoms with E-state index in [-0.39, 0.29) is 11.9 Å². The molecule has 7 nitrogen and oxygen atoms in total. The molecule has 9 heteroatoms. The van der Waals surface area contributed by atoms with Crippen molar-refractivity contribution in [3.8, 4) is 16.9 Å². The summed E-state index contributed by atoms with van der Waals surface area (Å²) in [5.41, 5.74) is 4.13. The molecule has 1 fully saturated rings. The van der Waals surface area contributed by atoms with E-state index in [0.717, 1.165) is 47.4 Å². The van der Waals surface area contributed by atoms with E-state index in [9.17, 15) is 13.9 Å². The van der Waals surface area contributed by atoms with E-state index >= 15 is 0 Å². The molecule has 34 heavy (non-hydrogen) atoms. The number of nitrogens with zero attached hydrogens (tertiary/aromatic N) is 4. The van der Waals surface area contributed by atoms with E-state index in [4.69, 9.17) is 4.74 Å². The van der Waals surface area contributed by atoms with Gasteiger partial charge in [0.1, 0.15) is 11.6 Å². The predicted octanol–water partition coefficient (Wildman–Crippen LogP) is 4.63. The number of alkyl halides is 2. The van der Waals surface area contributed by atoms with Crippen LogP contribution in [0.5, 0.6) is 5.75 Å². The highest BCUT2D eigenvalue weighted by Crippen LogP contribution is 2.29. The quantitative estimate of drug-likeness (QED) is 0.395. The van der Waals surface area contributed by atoms with Crippen molar-refractivity contribution in [2.45, 2.75) is 39.0 Å². The molecule has 0 radical (unpaired) electrons. The Balaban J connectivity index is 1.38. The molecule has 4 aromatic rings. The Hall–Kier alpha value is -3.59. The van der Waals surface area contributed by atoms with E-state index in [1.165, 1.54) is 0 Å². The van der Waals surface area contributed by atoms with Gasteiger partial charge in [-0.2, -0.15) is 8.78 Å². The Bertz CT molecular complexity index is 1290. The van der Waals surface area contributed by atoms with Gasteiger partial charge in [-0.15, -0.1) is 0 Å². The smallest absolute Gasteiger partial charge is 0.387 e. The molecule has 0 saturated heterocycles. The van der Waals surface area contributed by atoms with Crippen molar-refractivity contribution >= 4 is 17.0 Å². The lowest BCUT2D eigenvalue weighted by atomic mass is 9.82. The summed E-state index contributed by atoms with van der Waals surface area (Å²) in [5, 5.41) is 12.6. The first-order valence-electron chi connectivity index (χ1n) is 11.2. The van der Waals surface area contributed by atoms with Crippen molar-refractivity contribution in [3.63, 3.8) is 0 Å². The van der Waals surface area contributed by atoms with Crippen LogP contribution >= 0.6 is 0 Å². The topological polar surface area (TPSA) is 85.1 Å². The zero-order valence-electron chi connectivity index (χ0n) is 18.7. The van der Waals surface area contributed by atoms with Crippen LogP contribution in [0.2, 0.25) is 0 Å². The van der Waals surface area contributed by atoms with Gasteiger partial charge in [-0.05, 0) is 49.4 Å². The maximum Gasteiger partial charge on any atom is 0.387 e. The number of halogens is 2.